The molecule has 0 radical (unpaired) electrons. The molecule has 4 nitrogen and oxygen atoms in total. The maximum Gasteiger partial charge on any atom is 0.326 e. The lowest BCUT2D eigenvalue weighted by Crippen LogP contribution is -2.57. The fourth-order valence-electron chi connectivity index (χ4n) is 4.28. The van der Waals surface area contributed by atoms with Gasteiger partial charge in [0.05, 0.1) is 0 Å². The zero-order valence-corrected chi connectivity index (χ0v) is 12.1. The second kappa shape index (κ2) is 5.74. The summed E-state index contributed by atoms with van der Waals surface area (Å²) in [5.74, 6) is 0.361. The zero-order chi connectivity index (χ0) is 14.1. The number of carboxylic acids is 1. The molecule has 1 heterocycles. The molecule has 3 aliphatic rings. The first-order valence-electron chi connectivity index (χ1n) is 8.21. The minimum Gasteiger partial charge on any atom is -0.480 e. The first-order chi connectivity index (χ1) is 9.66. The number of carboxylic acid groups (broad SMARTS) is 1. The smallest absolute Gasteiger partial charge is 0.326 e. The van der Waals surface area contributed by atoms with Gasteiger partial charge >= 0.3 is 5.97 Å². The Morgan fingerprint density at radius 1 is 0.950 bits per heavy atom. The maximum atomic E-state index is 12.6. The highest BCUT2D eigenvalue weighted by Gasteiger charge is 2.44. The molecule has 0 spiro atoms. The summed E-state index contributed by atoms with van der Waals surface area (Å²) in [6.07, 6.45) is 10.3. The zero-order valence-electron chi connectivity index (χ0n) is 12.1. The van der Waals surface area contributed by atoms with Crippen LogP contribution in [-0.2, 0) is 9.59 Å². The minimum absolute atomic E-state index is 0.110. The predicted molar refractivity (Wildman–Crippen MR) is 75.2 cm³/mol. The number of nitrogens with zero attached hydrogens (tertiary/aromatic N) is 1. The monoisotopic (exact) mass is 279 g/mol. The molecule has 3 unspecified atom stereocenters. The first-order valence-corrected chi connectivity index (χ1v) is 8.21. The number of piperidine rings is 1. The highest BCUT2D eigenvalue weighted by atomic mass is 16.4. The van der Waals surface area contributed by atoms with Crippen LogP contribution >= 0.6 is 0 Å². The van der Waals surface area contributed by atoms with Crippen molar-refractivity contribution in [2.75, 3.05) is 0 Å². The highest BCUT2D eigenvalue weighted by molar-refractivity contribution is 5.84. The molecule has 2 aliphatic carbocycles. The van der Waals surface area contributed by atoms with Crippen molar-refractivity contribution in [3.63, 3.8) is 0 Å². The molecule has 3 atom stereocenters. The summed E-state index contributed by atoms with van der Waals surface area (Å²) in [5.41, 5.74) is 0. The Bertz CT molecular complexity index is 391. The second-order valence-corrected chi connectivity index (χ2v) is 6.85. The third-order valence-corrected chi connectivity index (χ3v) is 5.63. The summed E-state index contributed by atoms with van der Waals surface area (Å²) in [6, 6.07) is -0.367. The molecular formula is C16H25NO3. The highest BCUT2D eigenvalue weighted by Crippen LogP contribution is 2.39. The van der Waals surface area contributed by atoms with Crippen LogP contribution in [0.2, 0.25) is 0 Å². The van der Waals surface area contributed by atoms with Crippen LogP contribution in [0, 0.1) is 11.8 Å². The Hall–Kier alpha value is -1.06. The number of hydrogen-bond donors (Lipinski definition) is 1. The van der Waals surface area contributed by atoms with Crippen molar-refractivity contribution in [1.29, 1.82) is 0 Å². The number of carbonyl (C=O) groups is 2. The van der Waals surface area contributed by atoms with Crippen LogP contribution in [0.1, 0.15) is 64.2 Å². The summed E-state index contributed by atoms with van der Waals surface area (Å²) in [6.45, 7) is 0. The van der Waals surface area contributed by atoms with E-state index in [0.717, 1.165) is 32.1 Å². The van der Waals surface area contributed by atoms with Gasteiger partial charge in [0.2, 0.25) is 5.91 Å². The number of hydrogen-bond acceptors (Lipinski definition) is 2. The molecule has 2 saturated carbocycles. The standard InChI is InChI=1S/C16H25NO3/c18-15(10-11-4-3-5-11)17-13-7-2-1-6-12(13)8-9-14(17)16(19)20/h11-14H,1-10H2,(H,19,20). The van der Waals surface area contributed by atoms with E-state index in [9.17, 15) is 14.7 Å². The van der Waals surface area contributed by atoms with Gasteiger partial charge < -0.3 is 10.0 Å². The van der Waals surface area contributed by atoms with E-state index < -0.39 is 12.0 Å². The molecule has 1 saturated heterocycles. The molecule has 112 valence electrons. The van der Waals surface area contributed by atoms with E-state index >= 15 is 0 Å². The molecule has 3 rings (SSSR count). The van der Waals surface area contributed by atoms with E-state index in [4.69, 9.17) is 0 Å². The van der Waals surface area contributed by atoms with Gasteiger partial charge in [-0.3, -0.25) is 4.79 Å². The number of aliphatic carboxylic acids is 1. The second-order valence-electron chi connectivity index (χ2n) is 6.85. The number of likely N-dealkylation sites (tertiary alicyclic amines) is 1. The molecule has 0 aromatic heterocycles. The third kappa shape index (κ3) is 2.57. The van der Waals surface area contributed by atoms with Gasteiger partial charge in [0.1, 0.15) is 6.04 Å². The van der Waals surface area contributed by atoms with Gasteiger partial charge in [0.25, 0.3) is 0 Å². The van der Waals surface area contributed by atoms with Crippen LogP contribution in [0.4, 0.5) is 0 Å². The molecule has 1 amide bonds. The lowest BCUT2D eigenvalue weighted by Gasteiger charge is -2.47. The Morgan fingerprint density at radius 2 is 1.70 bits per heavy atom. The van der Waals surface area contributed by atoms with Gasteiger partial charge in [-0.15, -0.1) is 0 Å². The van der Waals surface area contributed by atoms with Gasteiger partial charge in [0, 0.05) is 12.5 Å². The molecule has 0 bridgehead atoms. The van der Waals surface area contributed by atoms with E-state index in [2.05, 4.69) is 0 Å². The predicted octanol–water partition coefficient (Wildman–Crippen LogP) is 2.81. The summed E-state index contributed by atoms with van der Waals surface area (Å²) in [5, 5.41) is 9.46. The Balaban J connectivity index is 1.75. The van der Waals surface area contributed by atoms with Crippen LogP contribution in [0.15, 0.2) is 0 Å². The topological polar surface area (TPSA) is 57.6 Å². The Morgan fingerprint density at radius 3 is 2.35 bits per heavy atom. The maximum absolute atomic E-state index is 12.6. The van der Waals surface area contributed by atoms with Gasteiger partial charge in [0.15, 0.2) is 0 Å². The van der Waals surface area contributed by atoms with Crippen molar-refractivity contribution in [3.05, 3.63) is 0 Å². The molecule has 4 heteroatoms. The fourth-order valence-corrected chi connectivity index (χ4v) is 4.28. The third-order valence-electron chi connectivity index (χ3n) is 5.63. The van der Waals surface area contributed by atoms with Crippen molar-refractivity contribution in [2.45, 2.75) is 76.3 Å². The van der Waals surface area contributed by atoms with Gasteiger partial charge in [-0.1, -0.05) is 19.3 Å². The van der Waals surface area contributed by atoms with Crippen LogP contribution in [0.25, 0.3) is 0 Å². The molecule has 0 aromatic carbocycles. The normalized spacial score (nSPS) is 34.2. The molecule has 1 N–H and O–H groups in total. The summed E-state index contributed by atoms with van der Waals surface area (Å²) in [7, 11) is 0. The lowest BCUT2D eigenvalue weighted by atomic mass is 9.75. The number of amides is 1. The number of rotatable bonds is 3. The van der Waals surface area contributed by atoms with Gasteiger partial charge in [-0.2, -0.15) is 0 Å². The molecule has 0 aromatic rings. The Labute approximate surface area is 120 Å². The average Bonchev–Trinajstić information content (AvgIpc) is 2.41. The van der Waals surface area contributed by atoms with Gasteiger partial charge in [-0.05, 0) is 50.4 Å². The van der Waals surface area contributed by atoms with E-state index in [-0.39, 0.29) is 11.9 Å². The summed E-state index contributed by atoms with van der Waals surface area (Å²) >= 11 is 0. The lowest BCUT2D eigenvalue weighted by molar-refractivity contribution is -0.159. The van der Waals surface area contributed by atoms with Crippen LogP contribution in [-0.4, -0.2) is 34.0 Å². The molecular weight excluding hydrogens is 254 g/mol. The van der Waals surface area contributed by atoms with E-state index in [1.807, 2.05) is 0 Å². The van der Waals surface area contributed by atoms with E-state index in [0.29, 0.717) is 24.7 Å². The molecule has 1 aliphatic heterocycles. The Kier molecular flexibility index (Phi) is 3.99. The van der Waals surface area contributed by atoms with Gasteiger partial charge in [-0.25, -0.2) is 4.79 Å². The quantitative estimate of drug-likeness (QED) is 0.864. The first kappa shape index (κ1) is 13.9. The van der Waals surface area contributed by atoms with Crippen molar-refractivity contribution in [1.82, 2.24) is 4.90 Å². The largest absolute Gasteiger partial charge is 0.480 e. The van der Waals surface area contributed by atoms with Crippen LogP contribution in [0.3, 0.4) is 0 Å². The molecule has 3 fully saturated rings. The SMILES string of the molecule is O=C(O)C1CCC2CCCCC2N1C(=O)CC1CCC1. The minimum atomic E-state index is -0.809. The average molecular weight is 279 g/mol. The number of carbonyl (C=O) groups excluding carboxylic acids is 1. The van der Waals surface area contributed by atoms with E-state index in [1.165, 1.54) is 19.3 Å². The summed E-state index contributed by atoms with van der Waals surface area (Å²) in [4.78, 5) is 25.9. The molecule has 20 heavy (non-hydrogen) atoms. The van der Waals surface area contributed by atoms with Crippen molar-refractivity contribution >= 4 is 11.9 Å². The summed E-state index contributed by atoms with van der Waals surface area (Å²) < 4.78 is 0. The van der Waals surface area contributed by atoms with Crippen LogP contribution in [0.5, 0.6) is 0 Å². The fraction of sp³-hybridized carbons (Fsp3) is 0.875. The van der Waals surface area contributed by atoms with Crippen LogP contribution < -0.4 is 0 Å². The van der Waals surface area contributed by atoms with Crippen molar-refractivity contribution in [2.24, 2.45) is 11.8 Å². The van der Waals surface area contributed by atoms with E-state index in [1.54, 1.807) is 4.90 Å². The van der Waals surface area contributed by atoms with Crippen molar-refractivity contribution in [3.8, 4) is 0 Å². The van der Waals surface area contributed by atoms with Crippen molar-refractivity contribution < 1.29 is 14.7 Å². The number of fused-ring (bicyclic) bond motifs is 1.